The molecule has 0 bridgehead atoms. The Balaban J connectivity index is 1.50. The number of benzene rings is 1. The minimum absolute atomic E-state index is 0.0283. The predicted molar refractivity (Wildman–Crippen MR) is 133 cm³/mol. The van der Waals surface area contributed by atoms with Crippen LogP contribution in [0.4, 0.5) is 24.5 Å². The highest BCUT2D eigenvalue weighted by Gasteiger charge is 2.46. The van der Waals surface area contributed by atoms with Gasteiger partial charge in [-0.2, -0.15) is 13.2 Å². The maximum absolute atomic E-state index is 13.0. The highest BCUT2D eigenvalue weighted by molar-refractivity contribution is 6.32. The number of hydrogen-bond donors (Lipinski definition) is 4. The molecule has 0 radical (unpaired) electrons. The molecule has 1 saturated heterocycles. The number of fused-ring (bicyclic) bond motifs is 1. The van der Waals surface area contributed by atoms with E-state index in [9.17, 15) is 23.1 Å². The van der Waals surface area contributed by atoms with Gasteiger partial charge in [-0.3, -0.25) is 14.7 Å². The van der Waals surface area contributed by atoms with Crippen LogP contribution in [-0.2, 0) is 6.42 Å². The fraction of sp³-hybridized carbons (Fsp3) is 0.360. The number of aromatic amines is 1. The van der Waals surface area contributed by atoms with Crippen LogP contribution in [0, 0.1) is 0 Å². The maximum Gasteiger partial charge on any atom is 0.401 e. The number of pyridine rings is 1. The van der Waals surface area contributed by atoms with Crippen LogP contribution >= 0.6 is 11.6 Å². The Labute approximate surface area is 215 Å². The van der Waals surface area contributed by atoms with E-state index >= 15 is 0 Å². The van der Waals surface area contributed by atoms with Crippen molar-refractivity contribution in [2.75, 3.05) is 31.6 Å². The van der Waals surface area contributed by atoms with Crippen LogP contribution in [0.5, 0.6) is 11.5 Å². The monoisotopic (exact) mass is 535 g/mol. The average molecular weight is 536 g/mol. The summed E-state index contributed by atoms with van der Waals surface area (Å²) in [5.74, 6) is -0.107. The molecule has 2 aromatic heterocycles. The van der Waals surface area contributed by atoms with Crippen LogP contribution in [0.3, 0.4) is 0 Å². The number of aromatic nitrogens is 2. The van der Waals surface area contributed by atoms with Crippen LogP contribution in [0.2, 0.25) is 5.02 Å². The summed E-state index contributed by atoms with van der Waals surface area (Å²) in [6, 6.07) is 6.53. The number of amides is 1. The Morgan fingerprint density at radius 3 is 2.86 bits per heavy atom. The first-order valence-corrected chi connectivity index (χ1v) is 12.1. The quantitative estimate of drug-likeness (QED) is 0.322. The first kappa shape index (κ1) is 25.2. The molecule has 0 aliphatic carbocycles. The summed E-state index contributed by atoms with van der Waals surface area (Å²) in [7, 11) is 0. The smallest absolute Gasteiger partial charge is 0.401 e. The molecular formula is C25H25ClF3N5O3. The van der Waals surface area contributed by atoms with Crippen molar-refractivity contribution in [1.82, 2.24) is 20.2 Å². The molecular weight excluding hydrogens is 511 g/mol. The zero-order valence-corrected chi connectivity index (χ0v) is 20.6. The van der Waals surface area contributed by atoms with E-state index in [1.165, 1.54) is 11.1 Å². The molecule has 196 valence electrons. The average Bonchev–Trinajstić information content (AvgIpc) is 3.22. The van der Waals surface area contributed by atoms with Gasteiger partial charge in [-0.15, -0.1) is 0 Å². The molecule has 12 heteroatoms. The summed E-state index contributed by atoms with van der Waals surface area (Å²) in [6.45, 7) is 1.57. The van der Waals surface area contributed by atoms with Gasteiger partial charge < -0.3 is 25.5 Å². The molecule has 2 aliphatic heterocycles. The van der Waals surface area contributed by atoms with Gasteiger partial charge in [-0.1, -0.05) is 17.7 Å². The van der Waals surface area contributed by atoms with Crippen LogP contribution < -0.4 is 15.4 Å². The van der Waals surface area contributed by atoms with Crippen molar-refractivity contribution in [3.05, 3.63) is 52.9 Å². The minimum atomic E-state index is -4.29. The second-order valence-electron chi connectivity index (χ2n) is 9.44. The molecule has 2 aliphatic rings. The first-order valence-electron chi connectivity index (χ1n) is 11.7. The van der Waals surface area contributed by atoms with E-state index in [0.29, 0.717) is 65.6 Å². The number of likely N-dealkylation sites (tertiary alicyclic amines) is 1. The lowest BCUT2D eigenvalue weighted by Gasteiger charge is -2.50. The Kier molecular flexibility index (Phi) is 6.45. The fourth-order valence-electron chi connectivity index (χ4n) is 4.69. The summed E-state index contributed by atoms with van der Waals surface area (Å²) in [4.78, 5) is 21.6. The number of phenols is 1. The topological polar surface area (TPSA) is 103 Å². The van der Waals surface area contributed by atoms with E-state index in [4.69, 9.17) is 16.3 Å². The summed E-state index contributed by atoms with van der Waals surface area (Å²) in [5.41, 5.74) is 2.12. The number of aromatic hydroxyl groups is 1. The highest BCUT2D eigenvalue weighted by atomic mass is 35.5. The molecule has 8 nitrogen and oxygen atoms in total. The molecule has 5 rings (SSSR count). The third-order valence-electron chi connectivity index (χ3n) is 6.86. The van der Waals surface area contributed by atoms with Crippen molar-refractivity contribution in [3.8, 4) is 22.8 Å². The number of para-hydroxylation sites is 1. The Morgan fingerprint density at radius 1 is 1.32 bits per heavy atom. The molecule has 1 aromatic carbocycles. The zero-order valence-electron chi connectivity index (χ0n) is 19.9. The van der Waals surface area contributed by atoms with E-state index in [2.05, 4.69) is 20.6 Å². The second-order valence-corrected chi connectivity index (χ2v) is 9.85. The number of halogens is 4. The molecule has 4 N–H and O–H groups in total. The molecule has 1 amide bonds. The van der Waals surface area contributed by atoms with Crippen LogP contribution in [0.1, 0.15) is 29.4 Å². The predicted octanol–water partition coefficient (Wildman–Crippen LogP) is 4.87. The van der Waals surface area contributed by atoms with E-state index in [0.717, 1.165) is 0 Å². The number of hydrogen-bond acceptors (Lipinski definition) is 6. The van der Waals surface area contributed by atoms with Crippen molar-refractivity contribution < 1.29 is 27.8 Å². The summed E-state index contributed by atoms with van der Waals surface area (Å²) < 4.78 is 45.0. The standard InChI is InChI=1S/C25H25ClF3N5O3/c1-24(7-10-34(24)12-25(27,28)29)13-37-18-11-30-8-5-14(18)20-21(19-16(32-20)6-9-31-23(19)36)33-17-4-2-3-15(26)22(17)35/h2-5,8,11,32-33,35H,6-7,9-10,12-13H2,1H3,(H,31,36). The Hall–Kier alpha value is -3.44. The maximum atomic E-state index is 13.0. The summed E-state index contributed by atoms with van der Waals surface area (Å²) >= 11 is 6.08. The van der Waals surface area contributed by atoms with Crippen molar-refractivity contribution in [3.63, 3.8) is 0 Å². The lowest BCUT2D eigenvalue weighted by molar-refractivity contribution is -0.179. The third kappa shape index (κ3) is 4.93. The number of anilines is 2. The number of phenolic OH excluding ortho intramolecular Hbond substituents is 1. The van der Waals surface area contributed by atoms with Crippen molar-refractivity contribution in [1.29, 1.82) is 0 Å². The molecule has 37 heavy (non-hydrogen) atoms. The Bertz CT molecular complexity index is 1350. The molecule has 1 fully saturated rings. The molecule has 0 spiro atoms. The van der Waals surface area contributed by atoms with E-state index in [-0.39, 0.29) is 23.3 Å². The fourth-order valence-corrected chi connectivity index (χ4v) is 4.87. The van der Waals surface area contributed by atoms with Crippen LogP contribution in [-0.4, -0.2) is 63.8 Å². The van der Waals surface area contributed by atoms with Gasteiger partial charge in [-0.25, -0.2) is 0 Å². The molecule has 3 aromatic rings. The van der Waals surface area contributed by atoms with E-state index < -0.39 is 18.3 Å². The highest BCUT2D eigenvalue weighted by Crippen LogP contribution is 2.43. The van der Waals surface area contributed by atoms with Gasteiger partial charge in [0.05, 0.1) is 45.9 Å². The number of H-pyrrole nitrogens is 1. The van der Waals surface area contributed by atoms with E-state index in [1.807, 2.05) is 0 Å². The Morgan fingerprint density at radius 2 is 2.14 bits per heavy atom. The lowest BCUT2D eigenvalue weighted by Crippen LogP contribution is -2.63. The second kappa shape index (κ2) is 9.46. The number of ether oxygens (including phenoxy) is 1. The molecule has 1 unspecified atom stereocenters. The van der Waals surface area contributed by atoms with Crippen LogP contribution in [0.15, 0.2) is 36.7 Å². The van der Waals surface area contributed by atoms with Gasteiger partial charge in [0.1, 0.15) is 12.4 Å². The summed E-state index contributed by atoms with van der Waals surface area (Å²) in [5, 5.41) is 16.6. The SMILES string of the molecule is CC1(COc2cnccc2-c2[nH]c3c(c2Nc2cccc(Cl)c2O)C(=O)NCC3)CCN1CC(F)(F)F. The molecule has 1 atom stereocenters. The van der Waals surface area contributed by atoms with Gasteiger partial charge in [0, 0.05) is 37.0 Å². The zero-order chi connectivity index (χ0) is 26.4. The third-order valence-corrected chi connectivity index (χ3v) is 7.16. The first-order chi connectivity index (χ1) is 17.6. The van der Waals surface area contributed by atoms with Gasteiger partial charge in [0.2, 0.25) is 0 Å². The summed E-state index contributed by atoms with van der Waals surface area (Å²) in [6.07, 6.45) is -0.118. The van der Waals surface area contributed by atoms with E-state index in [1.54, 1.807) is 37.4 Å². The van der Waals surface area contributed by atoms with Crippen molar-refractivity contribution in [2.24, 2.45) is 0 Å². The molecule has 0 saturated carbocycles. The number of carbonyl (C=O) groups is 1. The van der Waals surface area contributed by atoms with Gasteiger partial charge in [0.25, 0.3) is 5.91 Å². The van der Waals surface area contributed by atoms with Crippen molar-refractivity contribution in [2.45, 2.75) is 31.5 Å². The van der Waals surface area contributed by atoms with Gasteiger partial charge in [-0.05, 0) is 31.5 Å². The molecule has 4 heterocycles. The number of alkyl halides is 3. The lowest BCUT2D eigenvalue weighted by atomic mass is 9.87. The number of carbonyl (C=O) groups excluding carboxylic acids is 1. The number of nitrogens with zero attached hydrogens (tertiary/aromatic N) is 2. The van der Waals surface area contributed by atoms with Gasteiger partial charge in [0.15, 0.2) is 5.75 Å². The largest absolute Gasteiger partial charge is 0.504 e. The van der Waals surface area contributed by atoms with Gasteiger partial charge >= 0.3 is 6.18 Å². The number of rotatable bonds is 7. The normalized spacial score (nSPS) is 19.6. The minimum Gasteiger partial charge on any atom is -0.504 e. The van der Waals surface area contributed by atoms with Crippen molar-refractivity contribution >= 4 is 28.9 Å². The number of nitrogens with one attached hydrogen (secondary N) is 3. The van der Waals surface area contributed by atoms with Crippen LogP contribution in [0.25, 0.3) is 11.3 Å².